The van der Waals surface area contributed by atoms with Crippen molar-refractivity contribution < 1.29 is 13.2 Å². The number of hydrogen-bond acceptors (Lipinski definition) is 3. The molecule has 4 bridgehead atoms. The summed E-state index contributed by atoms with van der Waals surface area (Å²) in [7, 11) is -3.68. The third-order valence-electron chi connectivity index (χ3n) is 6.81. The number of urea groups is 1. The highest BCUT2D eigenvalue weighted by molar-refractivity contribution is 7.89. The molecule has 4 fully saturated rings. The Kier molecular flexibility index (Phi) is 4.93. The Hall–Kier alpha value is -1.60. The van der Waals surface area contributed by atoms with E-state index in [1.165, 1.54) is 50.7 Å². The van der Waals surface area contributed by atoms with Crippen LogP contribution in [0.3, 0.4) is 0 Å². The number of amides is 2. The van der Waals surface area contributed by atoms with Crippen LogP contribution in [-0.2, 0) is 16.6 Å². The Morgan fingerprint density at radius 1 is 1.00 bits per heavy atom. The first-order chi connectivity index (χ1) is 12.8. The predicted octanol–water partition coefficient (Wildman–Crippen LogP) is 2.74. The number of sulfonamides is 1. The number of nitrogens with two attached hydrogens (primary N) is 1. The second-order valence-electron chi connectivity index (χ2n) is 8.97. The van der Waals surface area contributed by atoms with E-state index in [0.29, 0.717) is 12.0 Å². The smallest absolute Gasteiger partial charge is 0.315 e. The number of carbonyl (C=O) groups is 1. The fourth-order valence-corrected chi connectivity index (χ4v) is 6.59. The van der Waals surface area contributed by atoms with Crippen molar-refractivity contribution in [3.63, 3.8) is 0 Å². The van der Waals surface area contributed by atoms with Gasteiger partial charge in [0.2, 0.25) is 10.0 Å². The summed E-state index contributed by atoms with van der Waals surface area (Å²) in [5.41, 5.74) is 1.31. The molecule has 27 heavy (non-hydrogen) atoms. The Morgan fingerprint density at radius 2 is 1.56 bits per heavy atom. The summed E-state index contributed by atoms with van der Waals surface area (Å²) in [4.78, 5) is 12.2. The predicted molar refractivity (Wildman–Crippen MR) is 103 cm³/mol. The molecule has 0 aromatic heterocycles. The third-order valence-corrected chi connectivity index (χ3v) is 7.74. The van der Waals surface area contributed by atoms with Gasteiger partial charge in [0.1, 0.15) is 0 Å². The van der Waals surface area contributed by atoms with Gasteiger partial charge in [-0.05, 0) is 85.8 Å². The lowest BCUT2D eigenvalue weighted by Crippen LogP contribution is -2.47. The molecule has 1 aromatic rings. The zero-order valence-corrected chi connectivity index (χ0v) is 16.4. The fourth-order valence-electron chi connectivity index (χ4n) is 6.08. The highest BCUT2D eigenvalue weighted by atomic mass is 32.2. The molecule has 2 amide bonds. The summed E-state index contributed by atoms with van der Waals surface area (Å²) >= 11 is 0. The maximum absolute atomic E-state index is 12.1. The van der Waals surface area contributed by atoms with Crippen LogP contribution >= 0.6 is 0 Å². The molecule has 0 heterocycles. The summed E-state index contributed by atoms with van der Waals surface area (Å²) in [5, 5.41) is 10.9. The first-order valence-electron chi connectivity index (χ1n) is 9.95. The second-order valence-corrected chi connectivity index (χ2v) is 10.5. The average molecular weight is 392 g/mol. The lowest BCUT2D eigenvalue weighted by molar-refractivity contribution is -0.0563. The molecule has 7 heteroatoms. The van der Waals surface area contributed by atoms with Gasteiger partial charge in [-0.25, -0.2) is 18.4 Å². The van der Waals surface area contributed by atoms with Crippen LogP contribution in [0.15, 0.2) is 29.2 Å². The summed E-state index contributed by atoms with van der Waals surface area (Å²) in [6, 6.07) is 6.06. The van der Waals surface area contributed by atoms with Gasteiger partial charge in [-0.3, -0.25) is 0 Å². The molecule has 0 aliphatic heterocycles. The second kappa shape index (κ2) is 7.09. The summed E-state index contributed by atoms with van der Waals surface area (Å²) in [6.45, 7) is 1.08. The van der Waals surface area contributed by atoms with E-state index in [-0.39, 0.29) is 10.9 Å². The molecule has 0 spiro atoms. The van der Waals surface area contributed by atoms with Crippen LogP contribution < -0.4 is 15.8 Å². The molecule has 5 rings (SSSR count). The standard InChI is InChI=1S/C20H29N3O3S/c21-27(25,26)18-3-1-14(2-4-18)13-23-19(24)22-6-5-20-10-15-7-16(11-20)9-17(8-15)12-20/h1-4,15-17H,5-13H2,(H2,21,25,26)(H2,22,23,24). The lowest BCUT2D eigenvalue weighted by Gasteiger charge is -2.57. The number of nitrogens with one attached hydrogen (secondary N) is 2. The van der Waals surface area contributed by atoms with Crippen molar-refractivity contribution in [1.29, 1.82) is 0 Å². The van der Waals surface area contributed by atoms with Crippen molar-refractivity contribution in [3.05, 3.63) is 29.8 Å². The monoisotopic (exact) mass is 391 g/mol. The quantitative estimate of drug-likeness (QED) is 0.695. The molecule has 4 N–H and O–H groups in total. The molecule has 1 aromatic carbocycles. The van der Waals surface area contributed by atoms with Gasteiger partial charge in [0.05, 0.1) is 4.90 Å². The fraction of sp³-hybridized carbons (Fsp3) is 0.650. The molecule has 0 radical (unpaired) electrons. The molecule has 0 unspecified atom stereocenters. The number of primary sulfonamides is 1. The van der Waals surface area contributed by atoms with Crippen molar-refractivity contribution in [2.45, 2.75) is 56.4 Å². The minimum atomic E-state index is -3.68. The zero-order chi connectivity index (χ0) is 19.1. The summed E-state index contributed by atoms with van der Waals surface area (Å²) in [5.74, 6) is 2.81. The Bertz CT molecular complexity index is 769. The van der Waals surface area contributed by atoms with E-state index in [9.17, 15) is 13.2 Å². The molecule has 0 atom stereocenters. The summed E-state index contributed by atoms with van der Waals surface area (Å²) in [6.07, 6.45) is 9.50. The normalized spacial score (nSPS) is 31.7. The van der Waals surface area contributed by atoms with Gasteiger partial charge in [0.25, 0.3) is 0 Å². The van der Waals surface area contributed by atoms with Gasteiger partial charge in [-0.15, -0.1) is 0 Å². The molecular formula is C20H29N3O3S. The van der Waals surface area contributed by atoms with Gasteiger partial charge < -0.3 is 10.6 Å². The minimum Gasteiger partial charge on any atom is -0.338 e. The van der Waals surface area contributed by atoms with Crippen LogP contribution in [0.1, 0.15) is 50.5 Å². The molecule has 148 valence electrons. The van der Waals surface area contributed by atoms with E-state index in [1.807, 2.05) is 0 Å². The highest BCUT2D eigenvalue weighted by Crippen LogP contribution is 2.61. The SMILES string of the molecule is NS(=O)(=O)c1ccc(CNC(=O)NCCC23CC4CC(CC(C4)C2)C3)cc1. The van der Waals surface area contributed by atoms with Crippen LogP contribution in [0, 0.1) is 23.2 Å². The van der Waals surface area contributed by atoms with E-state index in [1.54, 1.807) is 12.1 Å². The number of rotatable bonds is 6. The van der Waals surface area contributed by atoms with Gasteiger partial charge in [-0.2, -0.15) is 0 Å². The van der Waals surface area contributed by atoms with E-state index in [4.69, 9.17) is 5.14 Å². The Balaban J connectivity index is 1.21. The summed E-state index contributed by atoms with van der Waals surface area (Å²) < 4.78 is 22.5. The topological polar surface area (TPSA) is 101 Å². The lowest BCUT2D eigenvalue weighted by atomic mass is 9.49. The highest BCUT2D eigenvalue weighted by Gasteiger charge is 2.50. The molecule has 4 aliphatic carbocycles. The van der Waals surface area contributed by atoms with Gasteiger partial charge in [0, 0.05) is 13.1 Å². The first kappa shape index (κ1) is 18.7. The number of hydrogen-bond donors (Lipinski definition) is 3. The third kappa shape index (κ3) is 4.29. The van der Waals surface area contributed by atoms with Crippen LogP contribution in [0.2, 0.25) is 0 Å². The molecular weight excluding hydrogens is 362 g/mol. The van der Waals surface area contributed by atoms with Crippen LogP contribution in [0.25, 0.3) is 0 Å². The van der Waals surface area contributed by atoms with Gasteiger partial charge in [0.15, 0.2) is 0 Å². The number of carbonyl (C=O) groups excluding carboxylic acids is 1. The van der Waals surface area contributed by atoms with E-state index < -0.39 is 10.0 Å². The van der Waals surface area contributed by atoms with Crippen molar-refractivity contribution in [2.75, 3.05) is 6.54 Å². The Labute approximate surface area is 161 Å². The maximum Gasteiger partial charge on any atom is 0.315 e. The van der Waals surface area contributed by atoms with Crippen molar-refractivity contribution >= 4 is 16.1 Å². The Morgan fingerprint density at radius 3 is 2.07 bits per heavy atom. The van der Waals surface area contributed by atoms with E-state index >= 15 is 0 Å². The largest absolute Gasteiger partial charge is 0.338 e. The molecule has 0 saturated heterocycles. The average Bonchev–Trinajstić information content (AvgIpc) is 2.58. The molecule has 4 aliphatic rings. The van der Waals surface area contributed by atoms with E-state index in [2.05, 4.69) is 10.6 Å². The maximum atomic E-state index is 12.1. The van der Waals surface area contributed by atoms with Gasteiger partial charge >= 0.3 is 6.03 Å². The zero-order valence-electron chi connectivity index (χ0n) is 15.6. The van der Waals surface area contributed by atoms with Gasteiger partial charge in [-0.1, -0.05) is 12.1 Å². The van der Waals surface area contributed by atoms with Crippen LogP contribution in [-0.4, -0.2) is 21.0 Å². The van der Waals surface area contributed by atoms with E-state index in [0.717, 1.165) is 36.3 Å². The van der Waals surface area contributed by atoms with Crippen molar-refractivity contribution in [3.8, 4) is 0 Å². The van der Waals surface area contributed by atoms with Crippen molar-refractivity contribution in [1.82, 2.24) is 10.6 Å². The van der Waals surface area contributed by atoms with Crippen LogP contribution in [0.5, 0.6) is 0 Å². The van der Waals surface area contributed by atoms with Crippen LogP contribution in [0.4, 0.5) is 4.79 Å². The molecule has 6 nitrogen and oxygen atoms in total. The minimum absolute atomic E-state index is 0.0753. The number of benzene rings is 1. The molecule has 4 saturated carbocycles. The van der Waals surface area contributed by atoms with Crippen molar-refractivity contribution in [2.24, 2.45) is 28.3 Å². The first-order valence-corrected chi connectivity index (χ1v) is 11.5.